The van der Waals surface area contributed by atoms with Gasteiger partial charge in [0.2, 0.25) is 5.91 Å². The van der Waals surface area contributed by atoms with E-state index in [0.717, 1.165) is 35.3 Å². The van der Waals surface area contributed by atoms with Gasteiger partial charge in [-0.2, -0.15) is 0 Å². The number of fused-ring (bicyclic) bond motifs is 1. The molecular weight excluding hydrogens is 264 g/mol. The summed E-state index contributed by atoms with van der Waals surface area (Å²) in [7, 11) is 0. The number of hydrogen-bond acceptors (Lipinski definition) is 3. The third kappa shape index (κ3) is 3.21. The van der Waals surface area contributed by atoms with Crippen LogP contribution in [0.3, 0.4) is 0 Å². The molecule has 4 nitrogen and oxygen atoms in total. The summed E-state index contributed by atoms with van der Waals surface area (Å²) in [5.74, 6) is 0.879. The molecule has 0 saturated carbocycles. The molecule has 0 fully saturated rings. The Morgan fingerprint density at radius 1 is 1.57 bits per heavy atom. The van der Waals surface area contributed by atoms with Crippen LogP contribution in [0.1, 0.15) is 69.3 Å². The van der Waals surface area contributed by atoms with Gasteiger partial charge in [-0.1, -0.05) is 13.0 Å². The van der Waals surface area contributed by atoms with E-state index in [1.54, 1.807) is 6.92 Å². The lowest BCUT2D eigenvalue weighted by atomic mass is 9.84. The van der Waals surface area contributed by atoms with E-state index in [0.29, 0.717) is 0 Å². The van der Waals surface area contributed by atoms with Gasteiger partial charge in [0.25, 0.3) is 0 Å². The molecule has 0 spiro atoms. The van der Waals surface area contributed by atoms with E-state index < -0.39 is 0 Å². The summed E-state index contributed by atoms with van der Waals surface area (Å²) >= 11 is 0. The van der Waals surface area contributed by atoms with Crippen molar-refractivity contribution in [3.8, 4) is 5.75 Å². The minimum absolute atomic E-state index is 0.0184. The van der Waals surface area contributed by atoms with Crippen molar-refractivity contribution < 1.29 is 9.53 Å². The monoisotopic (exact) mass is 290 g/mol. The van der Waals surface area contributed by atoms with E-state index in [-0.39, 0.29) is 23.6 Å². The van der Waals surface area contributed by atoms with Crippen LogP contribution in [-0.2, 0) is 4.79 Å². The van der Waals surface area contributed by atoms with Gasteiger partial charge in [-0.15, -0.1) is 0 Å². The van der Waals surface area contributed by atoms with E-state index in [9.17, 15) is 4.79 Å². The van der Waals surface area contributed by atoms with Gasteiger partial charge < -0.3 is 15.8 Å². The molecule has 0 saturated heterocycles. The molecule has 0 aromatic heterocycles. The number of ether oxygens (including phenoxy) is 1. The van der Waals surface area contributed by atoms with Crippen LogP contribution in [0.15, 0.2) is 12.1 Å². The molecule has 1 amide bonds. The highest BCUT2D eigenvalue weighted by Crippen LogP contribution is 2.43. The maximum Gasteiger partial charge on any atom is 0.217 e. The summed E-state index contributed by atoms with van der Waals surface area (Å²) in [6, 6.07) is 4.10. The molecule has 3 unspecified atom stereocenters. The molecule has 1 heterocycles. The van der Waals surface area contributed by atoms with Crippen LogP contribution in [0.25, 0.3) is 0 Å². The summed E-state index contributed by atoms with van der Waals surface area (Å²) in [4.78, 5) is 11.5. The fraction of sp³-hybridized carbons (Fsp3) is 0.588. The number of rotatable bonds is 3. The second kappa shape index (κ2) is 5.68. The summed E-state index contributed by atoms with van der Waals surface area (Å²) in [6.07, 6.45) is 1.68. The Labute approximate surface area is 127 Å². The standard InChI is InChI=1S/C17H26N2O2/c1-6-17(5)9-15(19-12(4)20)14-8-13(11(3)18)7-10(2)16(14)21-17/h7-8,11,15H,6,9,18H2,1-5H3,(H,19,20). The number of benzene rings is 1. The zero-order chi connectivity index (χ0) is 15.8. The molecule has 1 aliphatic heterocycles. The number of nitrogens with one attached hydrogen (secondary N) is 1. The summed E-state index contributed by atoms with van der Waals surface area (Å²) in [5, 5.41) is 3.06. The Morgan fingerprint density at radius 3 is 2.76 bits per heavy atom. The molecule has 21 heavy (non-hydrogen) atoms. The predicted octanol–water partition coefficient (Wildman–Crippen LogP) is 3.14. The number of amides is 1. The molecule has 0 aliphatic carbocycles. The lowest BCUT2D eigenvalue weighted by Gasteiger charge is -2.40. The second-order valence-corrected chi connectivity index (χ2v) is 6.41. The second-order valence-electron chi connectivity index (χ2n) is 6.41. The molecule has 3 atom stereocenters. The topological polar surface area (TPSA) is 64.4 Å². The van der Waals surface area contributed by atoms with E-state index in [1.807, 2.05) is 13.8 Å². The predicted molar refractivity (Wildman–Crippen MR) is 84.3 cm³/mol. The van der Waals surface area contributed by atoms with Crippen molar-refractivity contribution >= 4 is 5.91 Å². The van der Waals surface area contributed by atoms with E-state index >= 15 is 0 Å². The van der Waals surface area contributed by atoms with Crippen molar-refractivity contribution in [1.29, 1.82) is 0 Å². The van der Waals surface area contributed by atoms with E-state index in [4.69, 9.17) is 10.5 Å². The van der Waals surface area contributed by atoms with Gasteiger partial charge in [0, 0.05) is 24.9 Å². The Bertz CT molecular complexity index is 554. The Hall–Kier alpha value is -1.55. The molecule has 116 valence electrons. The van der Waals surface area contributed by atoms with Crippen molar-refractivity contribution in [2.45, 2.75) is 65.1 Å². The first-order chi connectivity index (χ1) is 9.75. The number of aryl methyl sites for hydroxylation is 1. The van der Waals surface area contributed by atoms with Crippen LogP contribution < -0.4 is 15.8 Å². The SMILES string of the molecule is CCC1(C)CC(NC(C)=O)c2cc(C(C)N)cc(C)c2O1. The van der Waals surface area contributed by atoms with Crippen LogP contribution in [-0.4, -0.2) is 11.5 Å². The molecule has 1 aliphatic rings. The van der Waals surface area contributed by atoms with Crippen LogP contribution >= 0.6 is 0 Å². The third-order valence-corrected chi connectivity index (χ3v) is 4.34. The minimum atomic E-state index is -0.249. The molecule has 1 aromatic carbocycles. The first kappa shape index (κ1) is 15.8. The van der Waals surface area contributed by atoms with Gasteiger partial charge in [0.15, 0.2) is 0 Å². The number of nitrogens with two attached hydrogens (primary N) is 1. The van der Waals surface area contributed by atoms with Crippen LogP contribution in [0.5, 0.6) is 5.75 Å². The largest absolute Gasteiger partial charge is 0.487 e. The van der Waals surface area contributed by atoms with Gasteiger partial charge in [-0.3, -0.25) is 4.79 Å². The Morgan fingerprint density at radius 2 is 2.24 bits per heavy atom. The third-order valence-electron chi connectivity index (χ3n) is 4.34. The van der Waals surface area contributed by atoms with Crippen molar-refractivity contribution in [2.24, 2.45) is 5.73 Å². The number of hydrogen-bond donors (Lipinski definition) is 2. The smallest absolute Gasteiger partial charge is 0.217 e. The highest BCUT2D eigenvalue weighted by molar-refractivity contribution is 5.73. The highest BCUT2D eigenvalue weighted by Gasteiger charge is 2.37. The molecule has 0 radical (unpaired) electrons. The van der Waals surface area contributed by atoms with Gasteiger partial charge in [-0.05, 0) is 44.4 Å². The van der Waals surface area contributed by atoms with Gasteiger partial charge >= 0.3 is 0 Å². The Kier molecular flexibility index (Phi) is 4.28. The lowest BCUT2D eigenvalue weighted by molar-refractivity contribution is -0.120. The summed E-state index contributed by atoms with van der Waals surface area (Å²) in [6.45, 7) is 9.77. The zero-order valence-electron chi connectivity index (χ0n) is 13.6. The van der Waals surface area contributed by atoms with E-state index in [1.165, 1.54) is 0 Å². The fourth-order valence-electron chi connectivity index (χ4n) is 2.91. The van der Waals surface area contributed by atoms with Crippen molar-refractivity contribution in [2.75, 3.05) is 0 Å². The first-order valence-electron chi connectivity index (χ1n) is 7.62. The molecule has 1 aromatic rings. The molecule has 4 heteroatoms. The lowest BCUT2D eigenvalue weighted by Crippen LogP contribution is -2.42. The summed E-state index contributed by atoms with van der Waals surface area (Å²) < 4.78 is 6.25. The fourth-order valence-corrected chi connectivity index (χ4v) is 2.91. The maximum atomic E-state index is 11.5. The average Bonchev–Trinajstić information content (AvgIpc) is 2.39. The van der Waals surface area contributed by atoms with Crippen LogP contribution in [0.2, 0.25) is 0 Å². The molecule has 0 bridgehead atoms. The zero-order valence-corrected chi connectivity index (χ0v) is 13.6. The highest BCUT2D eigenvalue weighted by atomic mass is 16.5. The maximum absolute atomic E-state index is 11.5. The van der Waals surface area contributed by atoms with Crippen LogP contribution in [0.4, 0.5) is 0 Å². The van der Waals surface area contributed by atoms with Gasteiger partial charge in [-0.25, -0.2) is 0 Å². The van der Waals surface area contributed by atoms with Gasteiger partial charge in [0.05, 0.1) is 6.04 Å². The normalized spacial score (nSPS) is 25.7. The Balaban J connectivity index is 2.53. The quantitative estimate of drug-likeness (QED) is 0.899. The summed E-state index contributed by atoms with van der Waals surface area (Å²) in [5.41, 5.74) is 8.96. The first-order valence-corrected chi connectivity index (χ1v) is 7.62. The van der Waals surface area contributed by atoms with Crippen molar-refractivity contribution in [3.05, 3.63) is 28.8 Å². The molecular formula is C17H26N2O2. The minimum Gasteiger partial charge on any atom is -0.487 e. The van der Waals surface area contributed by atoms with E-state index in [2.05, 4.69) is 31.3 Å². The average molecular weight is 290 g/mol. The van der Waals surface area contributed by atoms with Crippen molar-refractivity contribution in [3.63, 3.8) is 0 Å². The number of carbonyl (C=O) groups is 1. The molecule has 2 rings (SSSR count). The number of carbonyl (C=O) groups excluding carboxylic acids is 1. The van der Waals surface area contributed by atoms with Gasteiger partial charge in [0.1, 0.15) is 11.4 Å². The van der Waals surface area contributed by atoms with Crippen molar-refractivity contribution in [1.82, 2.24) is 5.32 Å². The van der Waals surface area contributed by atoms with Crippen LogP contribution in [0, 0.1) is 6.92 Å². The molecule has 3 N–H and O–H groups in total.